The van der Waals surface area contributed by atoms with Gasteiger partial charge in [-0.25, -0.2) is 4.68 Å². The molecule has 4 aromatic rings. The number of hydrogen-bond donors (Lipinski definition) is 3. The number of nitrogens with one attached hydrogen (secondary N) is 1. The first-order chi connectivity index (χ1) is 18.2. The molecule has 2 aromatic heterocycles. The third-order valence-electron chi connectivity index (χ3n) is 6.47. The van der Waals surface area contributed by atoms with Crippen molar-refractivity contribution in [1.82, 2.24) is 25.2 Å². The van der Waals surface area contributed by atoms with Crippen LogP contribution < -0.4 is 5.32 Å². The molecule has 1 fully saturated rings. The quantitative estimate of drug-likeness (QED) is 0.345. The predicted octanol–water partition coefficient (Wildman–Crippen LogP) is 4.06. The lowest BCUT2D eigenvalue weighted by molar-refractivity contribution is -0.142. The Hall–Kier alpha value is -4.03. The first kappa shape index (κ1) is 25.6. The normalized spacial score (nSPS) is 18.8. The van der Waals surface area contributed by atoms with Crippen molar-refractivity contribution >= 4 is 5.91 Å². The van der Waals surface area contributed by atoms with E-state index < -0.39 is 23.9 Å². The maximum Gasteiger partial charge on any atom is 0.434 e. The summed E-state index contributed by atoms with van der Waals surface area (Å²) in [4.78, 5) is 16.6. The summed E-state index contributed by atoms with van der Waals surface area (Å²) in [6.45, 7) is 0. The third-order valence-corrected chi connectivity index (χ3v) is 6.47. The van der Waals surface area contributed by atoms with Crippen molar-refractivity contribution in [1.29, 1.82) is 0 Å². The summed E-state index contributed by atoms with van der Waals surface area (Å²) in [5, 5.41) is 30.6. The molecule has 1 aliphatic rings. The van der Waals surface area contributed by atoms with Gasteiger partial charge in [0.2, 0.25) is 5.82 Å². The van der Waals surface area contributed by atoms with E-state index in [0.29, 0.717) is 36.8 Å². The number of nitrogens with zero attached hydrogens (tertiary/aromatic N) is 4. The fourth-order valence-corrected chi connectivity index (χ4v) is 4.46. The second kappa shape index (κ2) is 10.4. The van der Waals surface area contributed by atoms with Gasteiger partial charge in [-0.3, -0.25) is 4.79 Å². The van der Waals surface area contributed by atoms with Crippen LogP contribution in [0.1, 0.15) is 43.0 Å². The highest BCUT2D eigenvalue weighted by Gasteiger charge is 2.40. The van der Waals surface area contributed by atoms with Crippen molar-refractivity contribution < 1.29 is 32.7 Å². The Morgan fingerprint density at radius 3 is 2.39 bits per heavy atom. The van der Waals surface area contributed by atoms with Gasteiger partial charge in [-0.1, -0.05) is 47.6 Å². The molecule has 38 heavy (non-hydrogen) atoms. The molecule has 5 rings (SSSR count). The number of rotatable bonds is 6. The maximum absolute atomic E-state index is 14.0. The van der Waals surface area contributed by atoms with Crippen LogP contribution in [0.5, 0.6) is 0 Å². The molecule has 3 N–H and O–H groups in total. The average molecular weight is 528 g/mol. The number of para-hydroxylation sites is 1. The molecule has 0 bridgehead atoms. The number of alkyl halides is 3. The largest absolute Gasteiger partial charge is 0.434 e. The molecule has 2 aromatic carbocycles. The van der Waals surface area contributed by atoms with Crippen LogP contribution >= 0.6 is 0 Å². The molecular formula is C26H24F3N5O4. The van der Waals surface area contributed by atoms with Crippen LogP contribution in [0.4, 0.5) is 13.2 Å². The van der Waals surface area contributed by atoms with Gasteiger partial charge in [0.1, 0.15) is 0 Å². The van der Waals surface area contributed by atoms with Crippen molar-refractivity contribution in [3.8, 4) is 28.5 Å². The topological polar surface area (TPSA) is 126 Å². The van der Waals surface area contributed by atoms with Gasteiger partial charge < -0.3 is 20.1 Å². The van der Waals surface area contributed by atoms with E-state index >= 15 is 0 Å². The lowest BCUT2D eigenvalue weighted by atomic mass is 9.93. The number of amides is 1. The maximum atomic E-state index is 14.0. The number of benzene rings is 2. The Balaban J connectivity index is 1.34. The third kappa shape index (κ3) is 5.31. The van der Waals surface area contributed by atoms with E-state index in [2.05, 4.69) is 20.6 Å². The standard InChI is InChI=1S/C26H24F3N5O4/c27-26(28,29)22-20(14-30-34(22)18-4-2-1-3-5-18)25-32-23(33-38-25)16-8-6-15(7-9-16)21(36)24(37)31-17-10-12-19(35)13-11-17/h1-9,14,17,19,21,35-36H,10-13H2,(H,31,37)/t17?,19?,21-/m1/s1. The van der Waals surface area contributed by atoms with Gasteiger partial charge in [0.15, 0.2) is 11.8 Å². The highest BCUT2D eigenvalue weighted by atomic mass is 19.4. The lowest BCUT2D eigenvalue weighted by Crippen LogP contribution is -2.41. The molecular weight excluding hydrogens is 503 g/mol. The molecule has 1 atom stereocenters. The molecule has 198 valence electrons. The number of carbonyl (C=O) groups excluding carboxylic acids is 1. The fraction of sp³-hybridized carbons (Fsp3) is 0.308. The fourth-order valence-electron chi connectivity index (χ4n) is 4.46. The van der Waals surface area contributed by atoms with Crippen LogP contribution in [-0.4, -0.2) is 48.2 Å². The van der Waals surface area contributed by atoms with E-state index in [1.807, 2.05) is 0 Å². The molecule has 1 saturated carbocycles. The van der Waals surface area contributed by atoms with Gasteiger partial charge in [-0.2, -0.15) is 23.3 Å². The Morgan fingerprint density at radius 2 is 1.74 bits per heavy atom. The second-order valence-corrected chi connectivity index (χ2v) is 9.11. The summed E-state index contributed by atoms with van der Waals surface area (Å²) in [5.74, 6) is -0.862. The summed E-state index contributed by atoms with van der Waals surface area (Å²) >= 11 is 0. The summed E-state index contributed by atoms with van der Waals surface area (Å²) in [7, 11) is 0. The molecule has 0 spiro atoms. The number of carbonyl (C=O) groups is 1. The molecule has 9 nitrogen and oxygen atoms in total. The van der Waals surface area contributed by atoms with Gasteiger partial charge in [-0.05, 0) is 43.4 Å². The lowest BCUT2D eigenvalue weighted by Gasteiger charge is -2.27. The Labute approximate surface area is 214 Å². The molecule has 0 saturated heterocycles. The number of aromatic nitrogens is 4. The van der Waals surface area contributed by atoms with Crippen molar-refractivity contribution in [2.24, 2.45) is 0 Å². The molecule has 1 amide bonds. The van der Waals surface area contributed by atoms with Gasteiger partial charge in [0.05, 0.1) is 23.6 Å². The van der Waals surface area contributed by atoms with Crippen LogP contribution in [0.25, 0.3) is 28.5 Å². The highest BCUT2D eigenvalue weighted by Crippen LogP contribution is 2.38. The average Bonchev–Trinajstić information content (AvgIpc) is 3.58. The summed E-state index contributed by atoms with van der Waals surface area (Å²) < 4.78 is 47.9. The van der Waals surface area contributed by atoms with Gasteiger partial charge in [0.25, 0.3) is 11.8 Å². The van der Waals surface area contributed by atoms with Crippen molar-refractivity contribution in [3.05, 3.63) is 72.1 Å². The molecule has 2 heterocycles. The van der Waals surface area contributed by atoms with Crippen LogP contribution in [-0.2, 0) is 11.0 Å². The number of aliphatic hydroxyl groups excluding tert-OH is 2. The minimum Gasteiger partial charge on any atom is -0.393 e. The smallest absolute Gasteiger partial charge is 0.393 e. The van der Waals surface area contributed by atoms with E-state index in [9.17, 15) is 28.2 Å². The van der Waals surface area contributed by atoms with E-state index in [4.69, 9.17) is 4.52 Å². The minimum atomic E-state index is -4.74. The van der Waals surface area contributed by atoms with Crippen molar-refractivity contribution in [3.63, 3.8) is 0 Å². The SMILES string of the molecule is O=C(NC1CCC(O)CC1)[C@H](O)c1ccc(-c2noc(-c3cnn(-c4ccccc4)c3C(F)(F)F)n2)cc1. The highest BCUT2D eigenvalue weighted by molar-refractivity contribution is 5.82. The Bertz CT molecular complexity index is 1390. The Morgan fingerprint density at radius 1 is 1.05 bits per heavy atom. The van der Waals surface area contributed by atoms with Crippen LogP contribution in [0.2, 0.25) is 0 Å². The van der Waals surface area contributed by atoms with Crippen molar-refractivity contribution in [2.75, 3.05) is 0 Å². The van der Waals surface area contributed by atoms with E-state index in [-0.39, 0.29) is 35.1 Å². The second-order valence-electron chi connectivity index (χ2n) is 9.11. The predicted molar refractivity (Wildman–Crippen MR) is 129 cm³/mol. The summed E-state index contributed by atoms with van der Waals surface area (Å²) in [5.41, 5.74) is -0.434. The first-order valence-electron chi connectivity index (χ1n) is 12.0. The number of aliphatic hydroxyl groups is 2. The molecule has 0 aliphatic heterocycles. The van der Waals surface area contributed by atoms with Crippen LogP contribution in [0.3, 0.4) is 0 Å². The summed E-state index contributed by atoms with van der Waals surface area (Å²) in [6.07, 6.45) is -3.01. The zero-order valence-corrected chi connectivity index (χ0v) is 20.0. The summed E-state index contributed by atoms with van der Waals surface area (Å²) in [6, 6.07) is 13.9. The van der Waals surface area contributed by atoms with E-state index in [0.717, 1.165) is 10.9 Å². The number of hydrogen-bond acceptors (Lipinski definition) is 7. The van der Waals surface area contributed by atoms with Gasteiger partial charge in [0, 0.05) is 11.6 Å². The van der Waals surface area contributed by atoms with Gasteiger partial charge >= 0.3 is 6.18 Å². The van der Waals surface area contributed by atoms with Crippen LogP contribution in [0.15, 0.2) is 65.3 Å². The molecule has 12 heteroatoms. The minimum absolute atomic E-state index is 0.0341. The molecule has 1 aliphatic carbocycles. The first-order valence-corrected chi connectivity index (χ1v) is 12.0. The van der Waals surface area contributed by atoms with Gasteiger partial charge in [-0.15, -0.1) is 0 Å². The molecule has 0 radical (unpaired) electrons. The molecule has 0 unspecified atom stereocenters. The van der Waals surface area contributed by atoms with Crippen molar-refractivity contribution in [2.45, 2.75) is 50.1 Å². The van der Waals surface area contributed by atoms with E-state index in [1.165, 1.54) is 36.4 Å². The van der Waals surface area contributed by atoms with Crippen LogP contribution in [0, 0.1) is 0 Å². The Kier molecular flexibility index (Phi) is 7.00. The zero-order valence-electron chi connectivity index (χ0n) is 20.0. The van der Waals surface area contributed by atoms with E-state index in [1.54, 1.807) is 18.2 Å². The zero-order chi connectivity index (χ0) is 26.9. The monoisotopic (exact) mass is 527 g/mol. The number of halogens is 3.